The molecule has 14 heavy (non-hydrogen) atoms. The maximum atomic E-state index is 5.75. The molecule has 3 atom stereocenters. The number of unbranched alkanes of at least 4 members (excludes halogenated alkanes) is 1. The van der Waals surface area contributed by atoms with E-state index in [-0.39, 0.29) is 12.1 Å². The predicted octanol–water partition coefficient (Wildman–Crippen LogP) is 1.19. The van der Waals surface area contributed by atoms with Gasteiger partial charge in [0.25, 0.3) is 0 Å². The lowest BCUT2D eigenvalue weighted by atomic mass is 10.0. The van der Waals surface area contributed by atoms with Gasteiger partial charge >= 0.3 is 0 Å². The highest BCUT2D eigenvalue weighted by Crippen LogP contribution is 2.23. The summed E-state index contributed by atoms with van der Waals surface area (Å²) in [4.78, 5) is 0. The highest BCUT2D eigenvalue weighted by molar-refractivity contribution is 4.86. The molecule has 1 saturated heterocycles. The molecule has 0 aromatic carbocycles. The van der Waals surface area contributed by atoms with Gasteiger partial charge in [0.15, 0.2) is 0 Å². The Morgan fingerprint density at radius 1 is 1.64 bits per heavy atom. The first-order valence-corrected chi connectivity index (χ1v) is 5.33. The molecule has 3 nitrogen and oxygen atoms in total. The average Bonchev–Trinajstić information content (AvgIpc) is 2.60. The van der Waals surface area contributed by atoms with Crippen LogP contribution in [0.25, 0.3) is 0 Å². The first-order chi connectivity index (χ1) is 6.77. The number of ether oxygens (including phenoxy) is 1. The third kappa shape index (κ3) is 3.30. The van der Waals surface area contributed by atoms with Gasteiger partial charge in [0, 0.05) is 12.5 Å². The van der Waals surface area contributed by atoms with Crippen LogP contribution in [0.4, 0.5) is 0 Å². The molecular weight excluding hydrogens is 176 g/mol. The summed E-state index contributed by atoms with van der Waals surface area (Å²) < 4.78 is 5.75. The molecule has 1 aliphatic heterocycles. The summed E-state index contributed by atoms with van der Waals surface area (Å²) in [6, 6.07) is 0.258. The van der Waals surface area contributed by atoms with Gasteiger partial charge in [0.1, 0.15) is 0 Å². The molecule has 3 heteroatoms. The van der Waals surface area contributed by atoms with Crippen molar-refractivity contribution in [2.45, 2.75) is 57.3 Å². The monoisotopic (exact) mass is 196 g/mol. The first-order valence-electron chi connectivity index (χ1n) is 5.33. The second-order valence-corrected chi connectivity index (χ2v) is 3.93. The molecule has 1 rings (SSSR count). The largest absolute Gasteiger partial charge is 0.374 e. The van der Waals surface area contributed by atoms with Crippen molar-refractivity contribution in [1.29, 1.82) is 0 Å². The van der Waals surface area contributed by atoms with E-state index in [9.17, 15) is 0 Å². The van der Waals surface area contributed by atoms with E-state index in [1.165, 1.54) is 0 Å². The van der Waals surface area contributed by atoms with Crippen LogP contribution in [-0.4, -0.2) is 18.2 Å². The minimum Gasteiger partial charge on any atom is -0.374 e. The van der Waals surface area contributed by atoms with Crippen LogP contribution in [-0.2, 0) is 4.74 Å². The lowest BCUT2D eigenvalue weighted by Gasteiger charge is -2.22. The van der Waals surface area contributed by atoms with Crippen molar-refractivity contribution in [3.63, 3.8) is 0 Å². The highest BCUT2D eigenvalue weighted by Gasteiger charge is 2.28. The number of terminal acetylenes is 1. The van der Waals surface area contributed by atoms with Gasteiger partial charge in [-0.05, 0) is 32.6 Å². The van der Waals surface area contributed by atoms with Crippen molar-refractivity contribution in [2.24, 2.45) is 5.84 Å². The third-order valence-corrected chi connectivity index (χ3v) is 2.76. The fourth-order valence-corrected chi connectivity index (χ4v) is 1.93. The van der Waals surface area contributed by atoms with Crippen LogP contribution in [0.1, 0.15) is 39.0 Å². The molecule has 0 amide bonds. The molecule has 0 aromatic rings. The topological polar surface area (TPSA) is 47.3 Å². The van der Waals surface area contributed by atoms with Crippen LogP contribution in [0, 0.1) is 12.3 Å². The van der Waals surface area contributed by atoms with Crippen molar-refractivity contribution < 1.29 is 4.74 Å². The molecule has 0 saturated carbocycles. The fourth-order valence-electron chi connectivity index (χ4n) is 1.93. The SMILES string of the molecule is C#CCCCC(NN)C1CCC(C)O1. The molecule has 0 bridgehead atoms. The van der Waals surface area contributed by atoms with Crippen LogP contribution in [0.5, 0.6) is 0 Å². The van der Waals surface area contributed by atoms with E-state index < -0.39 is 0 Å². The standard InChI is InChI=1S/C11H20N2O/c1-3-4-5-6-10(13-12)11-8-7-9(2)14-11/h1,9-11,13H,4-8,12H2,2H3. The zero-order chi connectivity index (χ0) is 10.4. The van der Waals surface area contributed by atoms with E-state index in [1.54, 1.807) is 0 Å². The maximum absolute atomic E-state index is 5.75. The number of rotatable bonds is 5. The second-order valence-electron chi connectivity index (χ2n) is 3.93. The Bertz CT molecular complexity index is 200. The molecule has 1 aliphatic rings. The third-order valence-electron chi connectivity index (χ3n) is 2.76. The predicted molar refractivity (Wildman–Crippen MR) is 57.4 cm³/mol. The van der Waals surface area contributed by atoms with Gasteiger partial charge in [-0.15, -0.1) is 12.3 Å². The Kier molecular flexibility index (Phi) is 4.95. The zero-order valence-electron chi connectivity index (χ0n) is 8.83. The summed E-state index contributed by atoms with van der Waals surface area (Å²) in [7, 11) is 0. The average molecular weight is 196 g/mol. The lowest BCUT2D eigenvalue weighted by molar-refractivity contribution is 0.0297. The van der Waals surface area contributed by atoms with E-state index in [0.29, 0.717) is 6.10 Å². The number of nitrogens with two attached hydrogens (primary N) is 1. The van der Waals surface area contributed by atoms with Gasteiger partial charge in [0.05, 0.1) is 12.2 Å². The van der Waals surface area contributed by atoms with E-state index in [1.807, 2.05) is 0 Å². The minimum absolute atomic E-state index is 0.258. The van der Waals surface area contributed by atoms with Crippen LogP contribution >= 0.6 is 0 Å². The minimum atomic E-state index is 0.258. The fraction of sp³-hybridized carbons (Fsp3) is 0.818. The number of hydrazine groups is 1. The highest BCUT2D eigenvalue weighted by atomic mass is 16.5. The van der Waals surface area contributed by atoms with Crippen LogP contribution in [0.3, 0.4) is 0 Å². The molecule has 3 unspecified atom stereocenters. The summed E-state index contributed by atoms with van der Waals surface area (Å²) in [6.07, 6.45) is 10.9. The summed E-state index contributed by atoms with van der Waals surface area (Å²) in [5.74, 6) is 8.14. The molecule has 0 aromatic heterocycles. The van der Waals surface area contributed by atoms with Crippen molar-refractivity contribution in [3.05, 3.63) is 0 Å². The van der Waals surface area contributed by atoms with Gasteiger partial charge in [-0.3, -0.25) is 11.3 Å². The van der Waals surface area contributed by atoms with Crippen molar-refractivity contribution >= 4 is 0 Å². The Hall–Kier alpha value is -0.560. The Labute approximate surface area is 86.4 Å². The molecule has 3 N–H and O–H groups in total. The maximum Gasteiger partial charge on any atom is 0.0746 e. The Morgan fingerprint density at radius 3 is 2.93 bits per heavy atom. The van der Waals surface area contributed by atoms with Gasteiger partial charge in [-0.2, -0.15) is 0 Å². The van der Waals surface area contributed by atoms with Crippen molar-refractivity contribution in [3.8, 4) is 12.3 Å². The first kappa shape index (κ1) is 11.5. The van der Waals surface area contributed by atoms with Gasteiger partial charge in [0.2, 0.25) is 0 Å². The summed E-state index contributed by atoms with van der Waals surface area (Å²) >= 11 is 0. The molecule has 1 fully saturated rings. The van der Waals surface area contributed by atoms with Gasteiger partial charge < -0.3 is 4.74 Å². The number of nitrogens with one attached hydrogen (secondary N) is 1. The molecule has 0 aliphatic carbocycles. The van der Waals surface area contributed by atoms with Gasteiger partial charge in [-0.1, -0.05) is 0 Å². The summed E-state index contributed by atoms with van der Waals surface area (Å²) in [6.45, 7) is 2.11. The van der Waals surface area contributed by atoms with E-state index in [0.717, 1.165) is 32.1 Å². The molecular formula is C11H20N2O. The number of hydrogen-bond donors (Lipinski definition) is 2. The smallest absolute Gasteiger partial charge is 0.0746 e. The van der Waals surface area contributed by atoms with Crippen LogP contribution in [0.2, 0.25) is 0 Å². The van der Waals surface area contributed by atoms with Crippen LogP contribution in [0.15, 0.2) is 0 Å². The van der Waals surface area contributed by atoms with E-state index >= 15 is 0 Å². The lowest BCUT2D eigenvalue weighted by Crippen LogP contribution is -2.43. The van der Waals surface area contributed by atoms with Crippen molar-refractivity contribution in [2.75, 3.05) is 0 Å². The zero-order valence-corrected chi connectivity index (χ0v) is 8.83. The van der Waals surface area contributed by atoms with Gasteiger partial charge in [-0.25, -0.2) is 0 Å². The Balaban J connectivity index is 2.27. The van der Waals surface area contributed by atoms with E-state index in [4.69, 9.17) is 17.0 Å². The summed E-state index contributed by atoms with van der Waals surface area (Å²) in [5.41, 5.74) is 2.83. The van der Waals surface area contributed by atoms with Crippen molar-refractivity contribution in [1.82, 2.24) is 5.43 Å². The molecule has 80 valence electrons. The van der Waals surface area contributed by atoms with E-state index in [2.05, 4.69) is 18.3 Å². The second kappa shape index (κ2) is 6.02. The normalized spacial score (nSPS) is 28.6. The molecule has 0 radical (unpaired) electrons. The molecule has 0 spiro atoms. The quantitative estimate of drug-likeness (QED) is 0.300. The molecule has 1 heterocycles. The Morgan fingerprint density at radius 2 is 2.43 bits per heavy atom. The summed E-state index contributed by atoms with van der Waals surface area (Å²) in [5, 5.41) is 0. The number of hydrogen-bond acceptors (Lipinski definition) is 3. The van der Waals surface area contributed by atoms with Crippen LogP contribution < -0.4 is 11.3 Å².